The van der Waals surface area contributed by atoms with Gasteiger partial charge in [-0.25, -0.2) is 0 Å². The minimum absolute atomic E-state index is 0.0959. The van der Waals surface area contributed by atoms with Crippen LogP contribution in [0.2, 0.25) is 0 Å². The molecule has 4 heteroatoms. The van der Waals surface area contributed by atoms with Gasteiger partial charge in [0, 0.05) is 0 Å². The van der Waals surface area contributed by atoms with Gasteiger partial charge in [0.2, 0.25) is 0 Å². The Labute approximate surface area is 95.9 Å². The van der Waals surface area contributed by atoms with Crippen LogP contribution < -0.4 is 0 Å². The Morgan fingerprint density at radius 2 is 1.19 bits per heavy atom. The van der Waals surface area contributed by atoms with Gasteiger partial charge in [0.05, 0.1) is 25.4 Å². The molecule has 2 aliphatic rings. The van der Waals surface area contributed by atoms with E-state index in [-0.39, 0.29) is 37.6 Å². The monoisotopic (exact) mass is 228 g/mol. The zero-order valence-electron chi connectivity index (χ0n) is 9.42. The average Bonchev–Trinajstić information content (AvgIpc) is 3.18. The number of rotatable bonds is 8. The van der Waals surface area contributed by atoms with Gasteiger partial charge in [-0.1, -0.05) is 12.2 Å². The highest BCUT2D eigenvalue weighted by Gasteiger charge is 2.37. The molecule has 2 aliphatic heterocycles. The SMILES string of the molecule is OC[C@@H]1O[C@H]1CC/C=C/CC[C@@H]1O[C@H]1CO. The fraction of sp³-hybridized carbons (Fsp3) is 0.833. The van der Waals surface area contributed by atoms with Crippen LogP contribution in [0.5, 0.6) is 0 Å². The zero-order valence-corrected chi connectivity index (χ0v) is 9.42. The molecule has 0 saturated carbocycles. The van der Waals surface area contributed by atoms with Crippen LogP contribution in [0.4, 0.5) is 0 Å². The molecule has 0 aromatic heterocycles. The van der Waals surface area contributed by atoms with Gasteiger partial charge in [0.1, 0.15) is 12.2 Å². The molecule has 0 aliphatic carbocycles. The Hall–Kier alpha value is -0.420. The summed E-state index contributed by atoms with van der Waals surface area (Å²) in [5, 5.41) is 17.5. The van der Waals surface area contributed by atoms with Crippen LogP contribution in [0.25, 0.3) is 0 Å². The first-order valence-electron chi connectivity index (χ1n) is 6.02. The summed E-state index contributed by atoms with van der Waals surface area (Å²) in [6, 6.07) is 0. The van der Waals surface area contributed by atoms with Crippen molar-refractivity contribution in [2.45, 2.75) is 50.1 Å². The second kappa shape index (κ2) is 5.77. The van der Waals surface area contributed by atoms with Crippen molar-refractivity contribution >= 4 is 0 Å². The summed E-state index contributed by atoms with van der Waals surface area (Å²) in [5.41, 5.74) is 0. The van der Waals surface area contributed by atoms with Crippen molar-refractivity contribution in [1.82, 2.24) is 0 Å². The average molecular weight is 228 g/mol. The predicted molar refractivity (Wildman–Crippen MR) is 59.1 cm³/mol. The maximum atomic E-state index is 8.76. The molecular formula is C12H20O4. The number of hydrogen-bond donors (Lipinski definition) is 2. The standard InChI is InChI=1S/C12H20O4/c13-7-11-9(15-11)5-3-1-2-4-6-10-12(8-14)16-10/h1-2,9-14H,3-8H2/b2-1+/t9-,10-,11-,12-/m0/s1. The number of allylic oxidation sites excluding steroid dienone is 2. The molecule has 92 valence electrons. The number of epoxide rings is 2. The zero-order chi connectivity index (χ0) is 11.4. The van der Waals surface area contributed by atoms with Crippen LogP contribution >= 0.6 is 0 Å². The second-order valence-corrected chi connectivity index (χ2v) is 4.42. The number of aliphatic hydroxyl groups excluding tert-OH is 2. The highest BCUT2D eigenvalue weighted by Crippen LogP contribution is 2.27. The summed E-state index contributed by atoms with van der Waals surface area (Å²) in [4.78, 5) is 0. The maximum absolute atomic E-state index is 8.76. The molecule has 0 spiro atoms. The van der Waals surface area contributed by atoms with E-state index < -0.39 is 0 Å². The molecule has 4 nitrogen and oxygen atoms in total. The van der Waals surface area contributed by atoms with Crippen molar-refractivity contribution < 1.29 is 19.7 Å². The molecular weight excluding hydrogens is 208 g/mol. The quantitative estimate of drug-likeness (QED) is 0.472. The van der Waals surface area contributed by atoms with E-state index in [1.807, 2.05) is 0 Å². The largest absolute Gasteiger partial charge is 0.394 e. The lowest BCUT2D eigenvalue weighted by Gasteiger charge is -1.91. The van der Waals surface area contributed by atoms with Gasteiger partial charge in [0.15, 0.2) is 0 Å². The summed E-state index contributed by atoms with van der Waals surface area (Å²) in [6.45, 7) is 0.298. The Morgan fingerprint density at radius 1 is 0.750 bits per heavy atom. The van der Waals surface area contributed by atoms with Gasteiger partial charge in [-0.2, -0.15) is 0 Å². The molecule has 2 fully saturated rings. The number of aliphatic hydroxyl groups is 2. The van der Waals surface area contributed by atoms with Crippen molar-refractivity contribution in [2.75, 3.05) is 13.2 Å². The summed E-state index contributed by atoms with van der Waals surface area (Å²) in [7, 11) is 0. The molecule has 0 aromatic rings. The smallest absolute Gasteiger partial charge is 0.107 e. The molecule has 0 aromatic carbocycles. The van der Waals surface area contributed by atoms with Crippen molar-refractivity contribution in [2.24, 2.45) is 0 Å². The number of ether oxygens (including phenoxy) is 2. The topological polar surface area (TPSA) is 65.5 Å². The van der Waals surface area contributed by atoms with Gasteiger partial charge in [-0.3, -0.25) is 0 Å². The fourth-order valence-corrected chi connectivity index (χ4v) is 1.94. The van der Waals surface area contributed by atoms with Crippen LogP contribution in [0.3, 0.4) is 0 Å². The molecule has 2 N–H and O–H groups in total. The molecule has 2 rings (SSSR count). The first-order chi connectivity index (χ1) is 7.85. The number of hydrogen-bond acceptors (Lipinski definition) is 4. The van der Waals surface area contributed by atoms with Crippen LogP contribution in [0.15, 0.2) is 12.2 Å². The lowest BCUT2D eigenvalue weighted by atomic mass is 10.1. The van der Waals surface area contributed by atoms with E-state index >= 15 is 0 Å². The van der Waals surface area contributed by atoms with Crippen molar-refractivity contribution in [3.63, 3.8) is 0 Å². The molecule has 16 heavy (non-hydrogen) atoms. The van der Waals surface area contributed by atoms with Gasteiger partial charge in [-0.05, 0) is 25.7 Å². The van der Waals surface area contributed by atoms with Crippen molar-refractivity contribution in [3.8, 4) is 0 Å². The third-order valence-electron chi connectivity index (χ3n) is 3.14. The Balaban J connectivity index is 1.42. The van der Waals surface area contributed by atoms with E-state index in [4.69, 9.17) is 19.7 Å². The molecule has 0 radical (unpaired) electrons. The molecule has 0 bridgehead atoms. The Kier molecular flexibility index (Phi) is 4.35. The van der Waals surface area contributed by atoms with Crippen LogP contribution in [-0.4, -0.2) is 47.8 Å². The molecule has 0 amide bonds. The normalized spacial score (nSPS) is 36.9. The summed E-state index contributed by atoms with van der Waals surface area (Å²) in [5.74, 6) is 0. The highest BCUT2D eigenvalue weighted by atomic mass is 16.6. The minimum atomic E-state index is 0.0959. The van der Waals surface area contributed by atoms with Gasteiger partial charge in [-0.15, -0.1) is 0 Å². The van der Waals surface area contributed by atoms with Crippen molar-refractivity contribution in [1.29, 1.82) is 0 Å². The Morgan fingerprint density at radius 3 is 1.50 bits per heavy atom. The second-order valence-electron chi connectivity index (χ2n) is 4.42. The van der Waals surface area contributed by atoms with Crippen LogP contribution in [0, 0.1) is 0 Å². The van der Waals surface area contributed by atoms with E-state index in [1.165, 1.54) is 0 Å². The molecule has 0 unspecified atom stereocenters. The predicted octanol–water partition coefficient (Wildman–Crippen LogP) is 0.622. The molecule has 4 atom stereocenters. The van der Waals surface area contributed by atoms with Gasteiger partial charge < -0.3 is 19.7 Å². The lowest BCUT2D eigenvalue weighted by molar-refractivity contribution is 0.241. The van der Waals surface area contributed by atoms with E-state index in [2.05, 4.69) is 12.2 Å². The lowest BCUT2D eigenvalue weighted by Crippen LogP contribution is -1.98. The van der Waals surface area contributed by atoms with Crippen LogP contribution in [0.1, 0.15) is 25.7 Å². The highest BCUT2D eigenvalue weighted by molar-refractivity contribution is 4.91. The Bertz CT molecular complexity index is 217. The van der Waals surface area contributed by atoms with E-state index in [9.17, 15) is 0 Å². The van der Waals surface area contributed by atoms with E-state index in [1.54, 1.807) is 0 Å². The summed E-state index contributed by atoms with van der Waals surface area (Å²) < 4.78 is 10.4. The summed E-state index contributed by atoms with van der Waals surface area (Å²) in [6.07, 6.45) is 9.09. The minimum Gasteiger partial charge on any atom is -0.394 e. The fourth-order valence-electron chi connectivity index (χ4n) is 1.94. The van der Waals surface area contributed by atoms with Crippen molar-refractivity contribution in [3.05, 3.63) is 12.2 Å². The molecule has 2 heterocycles. The van der Waals surface area contributed by atoms with Gasteiger partial charge >= 0.3 is 0 Å². The molecule has 2 saturated heterocycles. The van der Waals surface area contributed by atoms with E-state index in [0.29, 0.717) is 0 Å². The van der Waals surface area contributed by atoms with Gasteiger partial charge in [0.25, 0.3) is 0 Å². The first-order valence-corrected chi connectivity index (χ1v) is 6.02. The third-order valence-corrected chi connectivity index (χ3v) is 3.14. The maximum Gasteiger partial charge on any atom is 0.107 e. The first kappa shape index (κ1) is 12.0. The van der Waals surface area contributed by atoms with Crippen LogP contribution in [-0.2, 0) is 9.47 Å². The summed E-state index contributed by atoms with van der Waals surface area (Å²) >= 11 is 0. The third kappa shape index (κ3) is 3.56. The van der Waals surface area contributed by atoms with E-state index in [0.717, 1.165) is 25.7 Å².